The van der Waals surface area contributed by atoms with Gasteiger partial charge in [-0.05, 0) is 66.9 Å². The van der Waals surface area contributed by atoms with Crippen LogP contribution in [-0.2, 0) is 7.05 Å². The highest BCUT2D eigenvalue weighted by Crippen LogP contribution is 2.34. The summed E-state index contributed by atoms with van der Waals surface area (Å²) in [6.07, 6.45) is 3.17. The van der Waals surface area contributed by atoms with Crippen molar-refractivity contribution in [2.75, 3.05) is 23.4 Å². The zero-order valence-corrected chi connectivity index (χ0v) is 21.0. The third-order valence-corrected chi connectivity index (χ3v) is 6.62. The number of pyridine rings is 1. The molecule has 0 bridgehead atoms. The monoisotopic (exact) mass is 497 g/mol. The van der Waals surface area contributed by atoms with Gasteiger partial charge in [-0.15, -0.1) is 0 Å². The van der Waals surface area contributed by atoms with E-state index in [0.29, 0.717) is 29.3 Å². The first-order valence-electron chi connectivity index (χ1n) is 11.9. The van der Waals surface area contributed by atoms with Crippen molar-refractivity contribution in [2.24, 2.45) is 7.05 Å². The first-order valence-corrected chi connectivity index (χ1v) is 11.9. The van der Waals surface area contributed by atoms with E-state index in [-0.39, 0.29) is 23.7 Å². The maximum absolute atomic E-state index is 13.6. The van der Waals surface area contributed by atoms with Crippen molar-refractivity contribution < 1.29 is 9.59 Å². The first kappa shape index (κ1) is 24.0. The van der Waals surface area contributed by atoms with Gasteiger partial charge >= 0.3 is 11.7 Å². The van der Waals surface area contributed by atoms with Crippen LogP contribution in [-0.4, -0.2) is 50.9 Å². The number of carbonyl (C=O) groups is 2. The lowest BCUT2D eigenvalue weighted by Crippen LogP contribution is -2.34. The number of amides is 3. The van der Waals surface area contributed by atoms with Crippen molar-refractivity contribution in [3.8, 4) is 16.8 Å². The highest BCUT2D eigenvalue weighted by molar-refractivity contribution is 6.07. The van der Waals surface area contributed by atoms with Crippen LogP contribution < -0.4 is 20.8 Å². The second kappa shape index (κ2) is 9.38. The van der Waals surface area contributed by atoms with Crippen LogP contribution >= 0.6 is 0 Å². The molecule has 3 amide bonds. The second-order valence-electron chi connectivity index (χ2n) is 9.03. The third kappa shape index (κ3) is 4.16. The van der Waals surface area contributed by atoms with Gasteiger partial charge in [-0.3, -0.25) is 19.2 Å². The normalized spacial score (nSPS) is 15.4. The maximum atomic E-state index is 13.6. The summed E-state index contributed by atoms with van der Waals surface area (Å²) in [5, 5.41) is 6.74. The zero-order chi connectivity index (χ0) is 26.3. The minimum atomic E-state index is -0.220. The number of hydrogen-bond acceptors (Lipinski definition) is 5. The Hall–Kier alpha value is -4.73. The summed E-state index contributed by atoms with van der Waals surface area (Å²) in [5.74, 6) is 0.381. The highest BCUT2D eigenvalue weighted by atomic mass is 16.2. The number of anilines is 2. The van der Waals surface area contributed by atoms with Gasteiger partial charge in [-0.2, -0.15) is 9.78 Å². The topological polar surface area (TPSA) is 105 Å². The summed E-state index contributed by atoms with van der Waals surface area (Å²) in [5.41, 5.74) is 4.34. The molecule has 37 heavy (non-hydrogen) atoms. The molecule has 0 spiro atoms. The molecule has 1 fully saturated rings. The Kier molecular flexibility index (Phi) is 6.08. The van der Waals surface area contributed by atoms with Gasteiger partial charge in [0.2, 0.25) is 0 Å². The van der Waals surface area contributed by atoms with E-state index in [1.165, 1.54) is 15.6 Å². The molecule has 188 valence electrons. The van der Waals surface area contributed by atoms with Gasteiger partial charge < -0.3 is 5.32 Å². The van der Waals surface area contributed by atoms with Crippen LogP contribution in [0.1, 0.15) is 22.8 Å². The molecule has 2 aromatic heterocycles. The van der Waals surface area contributed by atoms with Crippen molar-refractivity contribution in [1.29, 1.82) is 0 Å². The van der Waals surface area contributed by atoms with Crippen LogP contribution in [0.2, 0.25) is 0 Å². The van der Waals surface area contributed by atoms with E-state index in [4.69, 9.17) is 0 Å². The number of nitrogens with zero attached hydrogens (tertiary/aromatic N) is 6. The minimum Gasteiger partial charge on any atom is -0.355 e. The summed E-state index contributed by atoms with van der Waals surface area (Å²) in [7, 11) is 3.23. The molecule has 10 nitrogen and oxygen atoms in total. The van der Waals surface area contributed by atoms with Crippen LogP contribution in [0.15, 0.2) is 71.9 Å². The van der Waals surface area contributed by atoms with Crippen molar-refractivity contribution in [2.45, 2.75) is 19.9 Å². The molecule has 1 aliphatic heterocycles. The second-order valence-corrected chi connectivity index (χ2v) is 9.03. The van der Waals surface area contributed by atoms with Crippen molar-refractivity contribution in [3.63, 3.8) is 0 Å². The molecule has 3 heterocycles. The number of rotatable bonds is 5. The van der Waals surface area contributed by atoms with Crippen LogP contribution in [0, 0.1) is 6.92 Å². The molecular formula is C27H27N7O3. The Morgan fingerprint density at radius 3 is 2.49 bits per heavy atom. The number of nitrogens with one attached hydrogen (secondary N) is 1. The molecule has 0 saturated carbocycles. The van der Waals surface area contributed by atoms with Crippen LogP contribution in [0.5, 0.6) is 0 Å². The fourth-order valence-electron chi connectivity index (χ4n) is 4.67. The summed E-state index contributed by atoms with van der Waals surface area (Å²) >= 11 is 0. The summed E-state index contributed by atoms with van der Waals surface area (Å²) in [6.45, 7) is 4.38. The van der Waals surface area contributed by atoms with Crippen molar-refractivity contribution in [1.82, 2.24) is 24.6 Å². The molecule has 2 aromatic carbocycles. The SMILES string of the molecule is CNC(=O)c1cccc(N2C(=O)N(c3nccc(-c4ccc(-n5ncn(C)c5=O)cc4)c3C)C[C@@H]2C)c1. The molecule has 5 rings (SSSR count). The lowest BCUT2D eigenvalue weighted by atomic mass is 10.0. The lowest BCUT2D eigenvalue weighted by molar-refractivity contribution is 0.0963. The zero-order valence-electron chi connectivity index (χ0n) is 21.0. The van der Waals surface area contributed by atoms with Crippen LogP contribution in [0.4, 0.5) is 16.3 Å². The molecule has 0 aliphatic carbocycles. The molecule has 1 saturated heterocycles. The number of carbonyl (C=O) groups excluding carboxylic acids is 2. The largest absolute Gasteiger partial charge is 0.355 e. The molecule has 1 N–H and O–H groups in total. The predicted octanol–water partition coefficient (Wildman–Crippen LogP) is 3.14. The average molecular weight is 498 g/mol. The Morgan fingerprint density at radius 1 is 1.05 bits per heavy atom. The van der Waals surface area contributed by atoms with Crippen molar-refractivity contribution in [3.05, 3.63) is 88.7 Å². The molecule has 10 heteroatoms. The highest BCUT2D eigenvalue weighted by Gasteiger charge is 2.38. The number of aryl methyl sites for hydroxylation is 1. The van der Waals surface area contributed by atoms with E-state index in [1.54, 1.807) is 48.3 Å². The first-order chi connectivity index (χ1) is 17.8. The Balaban J connectivity index is 1.45. The molecular weight excluding hydrogens is 470 g/mol. The van der Waals surface area contributed by atoms with Gasteiger partial charge in [-0.25, -0.2) is 14.6 Å². The number of benzene rings is 2. The summed E-state index contributed by atoms with van der Waals surface area (Å²) in [4.78, 5) is 45.8. The fraction of sp³-hybridized carbons (Fsp3) is 0.222. The quantitative estimate of drug-likeness (QED) is 0.456. The predicted molar refractivity (Wildman–Crippen MR) is 141 cm³/mol. The Labute approximate surface area is 213 Å². The van der Waals surface area contributed by atoms with E-state index in [2.05, 4.69) is 15.4 Å². The minimum absolute atomic E-state index is 0.117. The van der Waals surface area contributed by atoms with E-state index < -0.39 is 0 Å². The van der Waals surface area contributed by atoms with Crippen LogP contribution in [0.3, 0.4) is 0 Å². The average Bonchev–Trinajstić information content (AvgIpc) is 3.40. The standard InChI is InChI=1S/C27H27N7O3/c1-17-15-32(27(37)33(17)22-7-5-6-20(14-22)25(35)28-3)24-18(2)23(12-13-29-24)19-8-10-21(11-9-19)34-26(36)31(4)16-30-34/h5-14,16-17H,15H2,1-4H3,(H,28,35)/t17-/m0/s1. The van der Waals surface area contributed by atoms with Crippen LogP contribution in [0.25, 0.3) is 16.8 Å². The van der Waals surface area contributed by atoms with Gasteiger partial charge in [0.15, 0.2) is 0 Å². The molecule has 1 atom stereocenters. The Bertz CT molecular complexity index is 1550. The molecule has 4 aromatic rings. The van der Waals surface area contributed by atoms with E-state index >= 15 is 0 Å². The number of hydrogen-bond donors (Lipinski definition) is 1. The van der Waals surface area contributed by atoms with Gasteiger partial charge in [-0.1, -0.05) is 18.2 Å². The van der Waals surface area contributed by atoms with Gasteiger partial charge in [0.1, 0.15) is 12.1 Å². The molecule has 0 unspecified atom stereocenters. The van der Waals surface area contributed by atoms with Gasteiger partial charge in [0, 0.05) is 38.1 Å². The summed E-state index contributed by atoms with van der Waals surface area (Å²) in [6, 6.07) is 16.2. The fourth-order valence-corrected chi connectivity index (χ4v) is 4.67. The molecule has 1 aliphatic rings. The third-order valence-electron chi connectivity index (χ3n) is 6.62. The molecule has 0 radical (unpaired) electrons. The van der Waals surface area contributed by atoms with Crippen molar-refractivity contribution >= 4 is 23.4 Å². The smallest absolute Gasteiger partial charge is 0.350 e. The van der Waals surface area contributed by atoms with E-state index in [0.717, 1.165) is 16.7 Å². The Morgan fingerprint density at radius 2 is 1.81 bits per heavy atom. The van der Waals surface area contributed by atoms with Gasteiger partial charge in [0.05, 0.1) is 11.7 Å². The number of urea groups is 1. The van der Waals surface area contributed by atoms with E-state index in [1.807, 2.05) is 50.2 Å². The summed E-state index contributed by atoms with van der Waals surface area (Å²) < 4.78 is 2.76. The number of aromatic nitrogens is 4. The maximum Gasteiger partial charge on any atom is 0.350 e. The lowest BCUT2D eigenvalue weighted by Gasteiger charge is -2.22. The van der Waals surface area contributed by atoms with Gasteiger partial charge in [0.25, 0.3) is 5.91 Å². The van der Waals surface area contributed by atoms with E-state index in [9.17, 15) is 14.4 Å².